The number of halogens is 1. The highest BCUT2D eigenvalue weighted by Crippen LogP contribution is 2.37. The van der Waals surface area contributed by atoms with E-state index < -0.39 is 24.4 Å². The smallest absolute Gasteiger partial charge is 0.195 e. The maximum Gasteiger partial charge on any atom is 0.195 e. The number of ether oxygens (including phenoxy) is 5. The molecule has 0 N–H and O–H groups in total. The van der Waals surface area contributed by atoms with Crippen LogP contribution in [0.15, 0.2) is 133 Å². The lowest BCUT2D eigenvalue weighted by Crippen LogP contribution is -2.54. The van der Waals surface area contributed by atoms with Gasteiger partial charge in [0.2, 0.25) is 0 Å². The van der Waals surface area contributed by atoms with Crippen LogP contribution >= 0.6 is 11.6 Å². The molecule has 0 bridgehead atoms. The Kier molecular flexibility index (Phi) is 12.3. The summed E-state index contributed by atoms with van der Waals surface area (Å²) < 4.78 is 31.4. The van der Waals surface area contributed by atoms with Gasteiger partial charge < -0.3 is 23.7 Å². The van der Waals surface area contributed by atoms with Gasteiger partial charge in [-0.25, -0.2) is 0 Å². The lowest BCUT2D eigenvalue weighted by atomic mass is 9.90. The summed E-state index contributed by atoms with van der Waals surface area (Å²) in [6.45, 7) is 3.54. The maximum absolute atomic E-state index is 14.2. The second kappa shape index (κ2) is 17.4. The van der Waals surface area contributed by atoms with Crippen molar-refractivity contribution in [3.8, 4) is 5.75 Å². The van der Waals surface area contributed by atoms with Crippen molar-refractivity contribution in [1.82, 2.24) is 0 Å². The van der Waals surface area contributed by atoms with E-state index in [2.05, 4.69) is 0 Å². The van der Waals surface area contributed by atoms with Gasteiger partial charge >= 0.3 is 0 Å². The highest BCUT2D eigenvalue weighted by molar-refractivity contribution is 6.31. The molecule has 1 saturated heterocycles. The van der Waals surface area contributed by atoms with Gasteiger partial charge in [0.05, 0.1) is 33.0 Å². The van der Waals surface area contributed by atoms with Crippen molar-refractivity contribution < 1.29 is 28.5 Å². The molecule has 7 heteroatoms. The van der Waals surface area contributed by atoms with Gasteiger partial charge in [0.1, 0.15) is 30.2 Å². The summed E-state index contributed by atoms with van der Waals surface area (Å²) in [5, 5.41) is 0.644. The molecule has 4 atom stereocenters. The molecule has 1 aliphatic heterocycles. The van der Waals surface area contributed by atoms with Crippen molar-refractivity contribution in [2.75, 3.05) is 13.2 Å². The van der Waals surface area contributed by atoms with Gasteiger partial charge in [0, 0.05) is 5.02 Å². The van der Waals surface area contributed by atoms with Crippen LogP contribution in [0.4, 0.5) is 0 Å². The predicted molar refractivity (Wildman–Crippen MR) is 191 cm³/mol. The van der Waals surface area contributed by atoms with E-state index in [1.54, 1.807) is 0 Å². The van der Waals surface area contributed by atoms with Crippen LogP contribution < -0.4 is 4.74 Å². The number of rotatable bonds is 15. The van der Waals surface area contributed by atoms with E-state index in [1.807, 2.05) is 140 Å². The summed E-state index contributed by atoms with van der Waals surface area (Å²) in [6, 6.07) is 43.5. The molecule has 1 aliphatic rings. The normalized spacial score (nSPS) is 19.1. The van der Waals surface area contributed by atoms with Crippen molar-refractivity contribution in [3.63, 3.8) is 0 Å². The molecule has 0 aliphatic carbocycles. The average Bonchev–Trinajstić information content (AvgIpc) is 3.14. The number of benzene rings is 5. The fourth-order valence-electron chi connectivity index (χ4n) is 5.95. The third-order valence-electron chi connectivity index (χ3n) is 8.47. The van der Waals surface area contributed by atoms with Crippen LogP contribution in [0.1, 0.15) is 46.4 Å². The Bertz CT molecular complexity index is 1750. The fraction of sp³-hybridized carbons (Fsp3) is 0.262. The van der Waals surface area contributed by atoms with Crippen LogP contribution in [0.3, 0.4) is 0 Å². The van der Waals surface area contributed by atoms with Gasteiger partial charge in [-0.05, 0) is 64.9 Å². The molecule has 252 valence electrons. The zero-order chi connectivity index (χ0) is 33.8. The molecule has 0 saturated carbocycles. The Morgan fingerprint density at radius 3 is 1.88 bits per heavy atom. The summed E-state index contributed by atoms with van der Waals surface area (Å²) in [5.41, 5.74) is 5.83. The van der Waals surface area contributed by atoms with Crippen LogP contribution in [-0.4, -0.2) is 37.3 Å². The molecule has 6 nitrogen and oxygen atoms in total. The summed E-state index contributed by atoms with van der Waals surface area (Å²) in [5.74, 6) is 0.619. The minimum absolute atomic E-state index is 0.0768. The summed E-state index contributed by atoms with van der Waals surface area (Å²) in [7, 11) is 0. The molecule has 1 fully saturated rings. The molecular weight excluding hydrogens is 636 g/mol. The van der Waals surface area contributed by atoms with Gasteiger partial charge in [0.15, 0.2) is 5.78 Å². The van der Waals surface area contributed by atoms with Gasteiger partial charge in [-0.3, -0.25) is 4.79 Å². The quantitative estimate of drug-likeness (QED) is 0.111. The van der Waals surface area contributed by atoms with Crippen LogP contribution in [-0.2, 0) is 50.0 Å². The van der Waals surface area contributed by atoms with Crippen molar-refractivity contribution >= 4 is 17.4 Å². The van der Waals surface area contributed by atoms with Gasteiger partial charge in [-0.2, -0.15) is 0 Å². The molecule has 0 amide bonds. The molecular formula is C42H41ClO6. The number of carbonyl (C=O) groups is 1. The molecule has 0 radical (unpaired) electrons. The zero-order valence-corrected chi connectivity index (χ0v) is 28.3. The summed E-state index contributed by atoms with van der Waals surface area (Å²) in [6.07, 6.45) is -2.53. The molecule has 49 heavy (non-hydrogen) atoms. The Morgan fingerprint density at radius 1 is 0.673 bits per heavy atom. The fourth-order valence-corrected chi connectivity index (χ4v) is 6.13. The first-order valence-electron chi connectivity index (χ1n) is 16.7. The number of ketones is 1. The highest BCUT2D eigenvalue weighted by atomic mass is 35.5. The van der Waals surface area contributed by atoms with E-state index in [4.69, 9.17) is 35.3 Å². The second-order valence-electron chi connectivity index (χ2n) is 12.0. The molecule has 1 unspecified atom stereocenters. The molecule has 5 aromatic carbocycles. The first-order chi connectivity index (χ1) is 24.1. The average molecular weight is 677 g/mol. The van der Waals surface area contributed by atoms with Crippen molar-refractivity contribution in [1.29, 1.82) is 0 Å². The third-order valence-corrected chi connectivity index (χ3v) is 8.84. The molecule has 0 spiro atoms. The number of hydrogen-bond acceptors (Lipinski definition) is 6. The molecule has 6 rings (SSSR count). The van der Waals surface area contributed by atoms with Gasteiger partial charge in [0.25, 0.3) is 0 Å². The highest BCUT2D eigenvalue weighted by Gasteiger charge is 2.47. The number of hydrogen-bond donors (Lipinski definition) is 0. The minimum Gasteiger partial charge on any atom is -0.494 e. The van der Waals surface area contributed by atoms with Crippen LogP contribution in [0, 0.1) is 0 Å². The second-order valence-corrected chi connectivity index (χ2v) is 12.4. The van der Waals surface area contributed by atoms with E-state index in [0.29, 0.717) is 24.7 Å². The van der Waals surface area contributed by atoms with E-state index >= 15 is 0 Å². The number of Topliss-reactive ketones (excluding diaryl/α,β-unsaturated/α-hetero) is 1. The van der Waals surface area contributed by atoms with Crippen molar-refractivity contribution in [2.24, 2.45) is 0 Å². The first kappa shape index (κ1) is 34.6. The van der Waals surface area contributed by atoms with Crippen LogP contribution in [0.25, 0.3) is 0 Å². The molecule has 5 aromatic rings. The van der Waals surface area contributed by atoms with Gasteiger partial charge in [-0.1, -0.05) is 127 Å². The lowest BCUT2D eigenvalue weighted by Gasteiger charge is -2.40. The Balaban J connectivity index is 1.30. The Morgan fingerprint density at radius 2 is 1.27 bits per heavy atom. The molecule has 0 aromatic heterocycles. The van der Waals surface area contributed by atoms with E-state index in [9.17, 15) is 4.79 Å². The topological polar surface area (TPSA) is 63.2 Å². The van der Waals surface area contributed by atoms with Crippen molar-refractivity contribution in [2.45, 2.75) is 57.6 Å². The van der Waals surface area contributed by atoms with E-state index in [0.717, 1.165) is 39.1 Å². The third kappa shape index (κ3) is 9.44. The largest absolute Gasteiger partial charge is 0.494 e. The summed E-state index contributed by atoms with van der Waals surface area (Å²) in [4.78, 5) is 14.2. The van der Waals surface area contributed by atoms with E-state index in [-0.39, 0.29) is 25.6 Å². The predicted octanol–water partition coefficient (Wildman–Crippen LogP) is 8.73. The number of carbonyl (C=O) groups excluding carboxylic acids is 1. The maximum atomic E-state index is 14.2. The Hall–Kier alpha value is -4.30. The van der Waals surface area contributed by atoms with Crippen LogP contribution in [0.2, 0.25) is 5.02 Å². The molecule has 1 heterocycles. The monoisotopic (exact) mass is 676 g/mol. The lowest BCUT2D eigenvalue weighted by molar-refractivity contribution is -0.213. The van der Waals surface area contributed by atoms with Crippen LogP contribution in [0.5, 0.6) is 5.75 Å². The standard InChI is InChI=1S/C42H41ClO6/c1-2-46-36-21-18-30(19-22-36)24-35-25-34(20-23-37(35)43)40-42(48-28-33-16-10-5-11-17-33)41(47-27-32-14-8-4-9-15-32)39(44)38(49-40)29-45-26-31-12-6-3-7-13-31/h3-23,25,38,40-42H,2,24,26-29H2,1H3/t38-,40+,41+,42?/m1/s1. The zero-order valence-electron chi connectivity index (χ0n) is 27.6. The summed E-state index contributed by atoms with van der Waals surface area (Å²) >= 11 is 6.77. The first-order valence-corrected chi connectivity index (χ1v) is 17.1. The Labute approximate surface area is 293 Å². The van der Waals surface area contributed by atoms with E-state index in [1.165, 1.54) is 0 Å². The minimum atomic E-state index is -0.904. The SMILES string of the molecule is CCOc1ccc(Cc2cc([C@@H]3O[C@H](COCc4ccccc4)C(=O)[C@H](OCc4ccccc4)C3OCc3ccccc3)ccc2Cl)cc1. The van der Waals surface area contributed by atoms with Crippen molar-refractivity contribution in [3.05, 3.63) is 172 Å². The van der Waals surface area contributed by atoms with Gasteiger partial charge in [-0.15, -0.1) is 0 Å².